The number of aliphatic imine (C=N–C) groups is 1. The van der Waals surface area contributed by atoms with Gasteiger partial charge in [0, 0.05) is 45.6 Å². The molecule has 6 nitrogen and oxygen atoms in total. The molecular weight excluding hydrogens is 455 g/mol. The smallest absolute Gasteiger partial charge is 0.213 e. The molecule has 27 heavy (non-hydrogen) atoms. The van der Waals surface area contributed by atoms with Crippen LogP contribution in [0.3, 0.4) is 0 Å². The van der Waals surface area contributed by atoms with Gasteiger partial charge in [-0.3, -0.25) is 4.99 Å². The molecule has 0 saturated heterocycles. The van der Waals surface area contributed by atoms with Gasteiger partial charge >= 0.3 is 0 Å². The predicted octanol–water partition coefficient (Wildman–Crippen LogP) is 3.75. The van der Waals surface area contributed by atoms with Gasteiger partial charge in [-0.05, 0) is 43.6 Å². The van der Waals surface area contributed by atoms with Crippen LogP contribution in [0.1, 0.15) is 51.5 Å². The van der Waals surface area contributed by atoms with Crippen molar-refractivity contribution in [2.24, 2.45) is 10.9 Å². The Balaban J connectivity index is 0.00000364. The summed E-state index contributed by atoms with van der Waals surface area (Å²) in [5, 5.41) is 6.61. The second-order valence-electron chi connectivity index (χ2n) is 7.20. The summed E-state index contributed by atoms with van der Waals surface area (Å²) in [5.41, 5.74) is 1.10. The fourth-order valence-corrected chi connectivity index (χ4v) is 2.87. The monoisotopic (exact) mass is 490 g/mol. The maximum atomic E-state index is 5.90. The standard InChI is InChI=1S/C20H34N4O2.HI/c1-16(2)15-25-12-6-11-22-20(21-3)24-14-17-9-10-19(23-13-17)26-18-7-4-5-8-18;/h9-10,13,16,18H,4-8,11-12,14-15H2,1-3H3,(H2,21,22,24);1H. The number of pyridine rings is 1. The summed E-state index contributed by atoms with van der Waals surface area (Å²) in [4.78, 5) is 8.66. The molecule has 1 saturated carbocycles. The molecule has 0 spiro atoms. The molecule has 0 bridgehead atoms. The summed E-state index contributed by atoms with van der Waals surface area (Å²) >= 11 is 0. The number of aromatic nitrogens is 1. The highest BCUT2D eigenvalue weighted by molar-refractivity contribution is 14.0. The Hall–Kier alpha value is -1.09. The molecule has 1 aromatic rings. The molecular formula is C20H35IN4O2. The van der Waals surface area contributed by atoms with Gasteiger partial charge < -0.3 is 20.1 Å². The molecule has 7 heteroatoms. The largest absolute Gasteiger partial charge is 0.474 e. The number of rotatable bonds is 10. The SMILES string of the molecule is CN=C(NCCCOCC(C)C)NCc1ccc(OC2CCCC2)nc1.I. The minimum atomic E-state index is 0. The first-order valence-corrected chi connectivity index (χ1v) is 9.81. The van der Waals surface area contributed by atoms with E-state index in [9.17, 15) is 0 Å². The summed E-state index contributed by atoms with van der Waals surface area (Å²) in [6.07, 6.45) is 8.00. The van der Waals surface area contributed by atoms with Crippen molar-refractivity contribution in [1.29, 1.82) is 0 Å². The fourth-order valence-electron chi connectivity index (χ4n) is 2.87. The van der Waals surface area contributed by atoms with Gasteiger partial charge in [0.15, 0.2) is 5.96 Å². The molecule has 0 atom stereocenters. The first kappa shape index (κ1) is 23.9. The van der Waals surface area contributed by atoms with E-state index in [0.29, 0.717) is 18.6 Å². The fraction of sp³-hybridized carbons (Fsp3) is 0.700. The van der Waals surface area contributed by atoms with Crippen LogP contribution in [0.5, 0.6) is 5.88 Å². The summed E-state index contributed by atoms with van der Waals surface area (Å²) in [6.45, 7) is 7.43. The molecule has 1 aliphatic rings. The average molecular weight is 490 g/mol. The van der Waals surface area contributed by atoms with Crippen molar-refractivity contribution >= 4 is 29.9 Å². The average Bonchev–Trinajstić information content (AvgIpc) is 3.14. The van der Waals surface area contributed by atoms with Crippen molar-refractivity contribution in [2.75, 3.05) is 26.8 Å². The van der Waals surface area contributed by atoms with Gasteiger partial charge in [0.1, 0.15) is 6.10 Å². The molecule has 2 N–H and O–H groups in total. The Morgan fingerprint density at radius 2 is 2.04 bits per heavy atom. The lowest BCUT2D eigenvalue weighted by molar-refractivity contribution is 0.108. The van der Waals surface area contributed by atoms with Gasteiger partial charge in [-0.15, -0.1) is 24.0 Å². The Morgan fingerprint density at radius 3 is 2.67 bits per heavy atom. The van der Waals surface area contributed by atoms with Crippen LogP contribution in [0, 0.1) is 5.92 Å². The van der Waals surface area contributed by atoms with Crippen LogP contribution in [0.2, 0.25) is 0 Å². The van der Waals surface area contributed by atoms with Crippen molar-refractivity contribution < 1.29 is 9.47 Å². The third kappa shape index (κ3) is 10.1. The van der Waals surface area contributed by atoms with Crippen LogP contribution in [0.25, 0.3) is 0 Å². The highest BCUT2D eigenvalue weighted by Crippen LogP contribution is 2.22. The first-order chi connectivity index (χ1) is 12.7. The maximum absolute atomic E-state index is 5.90. The van der Waals surface area contributed by atoms with E-state index in [2.05, 4.69) is 40.5 Å². The van der Waals surface area contributed by atoms with Gasteiger partial charge in [0.25, 0.3) is 0 Å². The number of hydrogen-bond donors (Lipinski definition) is 2. The van der Waals surface area contributed by atoms with E-state index in [1.165, 1.54) is 12.8 Å². The van der Waals surface area contributed by atoms with Gasteiger partial charge in [-0.1, -0.05) is 19.9 Å². The zero-order valence-corrected chi connectivity index (χ0v) is 19.2. The number of halogens is 1. The van der Waals surface area contributed by atoms with Gasteiger partial charge in [-0.2, -0.15) is 0 Å². The third-order valence-corrected chi connectivity index (χ3v) is 4.28. The van der Waals surface area contributed by atoms with Crippen molar-refractivity contribution in [3.05, 3.63) is 23.9 Å². The summed E-state index contributed by atoms with van der Waals surface area (Å²) in [7, 11) is 1.78. The topological polar surface area (TPSA) is 67.8 Å². The minimum Gasteiger partial charge on any atom is -0.474 e. The van der Waals surface area contributed by atoms with Gasteiger partial charge in [-0.25, -0.2) is 4.98 Å². The van der Waals surface area contributed by atoms with Crippen molar-refractivity contribution in [1.82, 2.24) is 15.6 Å². The van der Waals surface area contributed by atoms with Crippen molar-refractivity contribution in [3.8, 4) is 5.88 Å². The Kier molecular flexibility index (Phi) is 12.4. The lowest BCUT2D eigenvalue weighted by atomic mass is 10.2. The quantitative estimate of drug-likeness (QED) is 0.226. The molecule has 2 rings (SSSR count). The molecule has 1 aliphatic carbocycles. The Morgan fingerprint density at radius 1 is 1.26 bits per heavy atom. The lowest BCUT2D eigenvalue weighted by Crippen LogP contribution is -2.37. The second-order valence-corrected chi connectivity index (χ2v) is 7.20. The van der Waals surface area contributed by atoms with Crippen LogP contribution in [-0.4, -0.2) is 43.9 Å². The van der Waals surface area contributed by atoms with Crippen LogP contribution >= 0.6 is 24.0 Å². The van der Waals surface area contributed by atoms with E-state index >= 15 is 0 Å². The number of nitrogens with zero attached hydrogens (tertiary/aromatic N) is 2. The normalized spacial score (nSPS) is 14.9. The predicted molar refractivity (Wildman–Crippen MR) is 121 cm³/mol. The molecule has 1 heterocycles. The molecule has 0 unspecified atom stereocenters. The molecule has 1 fully saturated rings. The van der Waals surface area contributed by atoms with E-state index in [1.54, 1.807) is 7.05 Å². The van der Waals surface area contributed by atoms with Crippen LogP contribution < -0.4 is 15.4 Å². The first-order valence-electron chi connectivity index (χ1n) is 9.81. The van der Waals surface area contributed by atoms with E-state index in [-0.39, 0.29) is 24.0 Å². The van der Waals surface area contributed by atoms with E-state index in [1.807, 2.05) is 12.3 Å². The van der Waals surface area contributed by atoms with Gasteiger partial charge in [0.2, 0.25) is 5.88 Å². The number of ether oxygens (including phenoxy) is 2. The lowest BCUT2D eigenvalue weighted by Gasteiger charge is -2.14. The number of nitrogens with one attached hydrogen (secondary N) is 2. The molecule has 0 radical (unpaired) electrons. The van der Waals surface area contributed by atoms with E-state index in [4.69, 9.17) is 9.47 Å². The molecule has 154 valence electrons. The highest BCUT2D eigenvalue weighted by atomic mass is 127. The van der Waals surface area contributed by atoms with Crippen LogP contribution in [-0.2, 0) is 11.3 Å². The summed E-state index contributed by atoms with van der Waals surface area (Å²) < 4.78 is 11.5. The van der Waals surface area contributed by atoms with Crippen LogP contribution in [0.15, 0.2) is 23.3 Å². The zero-order chi connectivity index (χ0) is 18.6. The Labute approximate surface area is 180 Å². The zero-order valence-electron chi connectivity index (χ0n) is 16.9. The highest BCUT2D eigenvalue weighted by Gasteiger charge is 2.16. The third-order valence-electron chi connectivity index (χ3n) is 4.28. The molecule has 0 aromatic carbocycles. The summed E-state index contributed by atoms with van der Waals surface area (Å²) in [6, 6.07) is 4.01. The number of guanidine groups is 1. The number of hydrogen-bond acceptors (Lipinski definition) is 4. The maximum Gasteiger partial charge on any atom is 0.213 e. The molecule has 0 aliphatic heterocycles. The van der Waals surface area contributed by atoms with E-state index in [0.717, 1.165) is 56.4 Å². The Bertz CT molecular complexity index is 531. The summed E-state index contributed by atoms with van der Waals surface area (Å²) in [5.74, 6) is 2.10. The van der Waals surface area contributed by atoms with Crippen LogP contribution in [0.4, 0.5) is 0 Å². The van der Waals surface area contributed by atoms with Gasteiger partial charge in [0.05, 0.1) is 0 Å². The van der Waals surface area contributed by atoms with E-state index < -0.39 is 0 Å². The molecule has 1 aromatic heterocycles. The van der Waals surface area contributed by atoms with Crippen molar-refractivity contribution in [2.45, 2.75) is 58.6 Å². The second kappa shape index (κ2) is 14.0. The molecule has 0 amide bonds. The minimum absolute atomic E-state index is 0. The van der Waals surface area contributed by atoms with Crippen molar-refractivity contribution in [3.63, 3.8) is 0 Å².